The van der Waals surface area contributed by atoms with E-state index in [4.69, 9.17) is 5.11 Å². The summed E-state index contributed by atoms with van der Waals surface area (Å²) in [6.07, 6.45) is 3.19. The van der Waals surface area contributed by atoms with E-state index < -0.39 is 0 Å². The molecule has 2 radical (unpaired) electrons. The number of unbranched alkanes of at least 4 members (excludes halogenated alkanes) is 1. The Hall–Kier alpha value is 0.882. The van der Waals surface area contributed by atoms with Gasteiger partial charge in [-0.3, -0.25) is 0 Å². The molecule has 0 aromatic rings. The van der Waals surface area contributed by atoms with Gasteiger partial charge in [0.25, 0.3) is 0 Å². The number of aliphatic hydroxyl groups is 1. The summed E-state index contributed by atoms with van der Waals surface area (Å²) < 4.78 is 0. The van der Waals surface area contributed by atoms with Gasteiger partial charge in [-0.15, -0.1) is 0 Å². The Kier molecular flexibility index (Phi) is 11.5. The van der Waals surface area contributed by atoms with Crippen molar-refractivity contribution in [1.29, 1.82) is 0 Å². The summed E-state index contributed by atoms with van der Waals surface area (Å²) in [4.78, 5) is 0. The molecule has 2 heteroatoms. The van der Waals surface area contributed by atoms with Crippen LogP contribution in [0.3, 0.4) is 0 Å². The molecule has 1 atom stereocenters. The molecular formula is C6H16OPb. The van der Waals surface area contributed by atoms with E-state index in [0.717, 1.165) is 12.8 Å². The van der Waals surface area contributed by atoms with Crippen molar-refractivity contribution >= 4 is 27.3 Å². The van der Waals surface area contributed by atoms with Gasteiger partial charge in [0.05, 0.1) is 6.10 Å². The van der Waals surface area contributed by atoms with Crippen LogP contribution < -0.4 is 0 Å². The zero-order valence-electron chi connectivity index (χ0n) is 5.85. The van der Waals surface area contributed by atoms with Gasteiger partial charge in [0.15, 0.2) is 0 Å². The molecule has 0 aromatic heterocycles. The number of aliphatic hydroxyl groups excluding tert-OH is 1. The van der Waals surface area contributed by atoms with Gasteiger partial charge < -0.3 is 5.11 Å². The Morgan fingerprint density at radius 1 is 1.50 bits per heavy atom. The first-order chi connectivity index (χ1) is 3.27. The van der Waals surface area contributed by atoms with E-state index in [0.29, 0.717) is 0 Å². The number of hydrogen-bond acceptors (Lipinski definition) is 1. The summed E-state index contributed by atoms with van der Waals surface area (Å²) >= 11 is 0. The molecule has 0 amide bonds. The molecular weight excluding hydrogens is 295 g/mol. The normalized spacial score (nSPS) is 12.4. The van der Waals surface area contributed by atoms with Crippen molar-refractivity contribution in [3.8, 4) is 0 Å². The molecule has 1 N–H and O–H groups in total. The summed E-state index contributed by atoms with van der Waals surface area (Å²) in [5, 5.41) is 8.68. The van der Waals surface area contributed by atoms with Gasteiger partial charge in [-0.2, -0.15) is 0 Å². The van der Waals surface area contributed by atoms with E-state index in [2.05, 4.69) is 6.92 Å². The van der Waals surface area contributed by atoms with Gasteiger partial charge in [0.1, 0.15) is 0 Å². The third kappa shape index (κ3) is 9.99. The SMILES string of the molecule is CCCCC(C)O.[PbH2]. The van der Waals surface area contributed by atoms with Crippen molar-refractivity contribution in [2.75, 3.05) is 0 Å². The van der Waals surface area contributed by atoms with Crippen LogP contribution in [0.1, 0.15) is 33.1 Å². The Bertz CT molecular complexity index is 37.5. The van der Waals surface area contributed by atoms with Gasteiger partial charge in [-0.1, -0.05) is 19.8 Å². The maximum absolute atomic E-state index is 8.68. The molecule has 0 aromatic carbocycles. The predicted octanol–water partition coefficient (Wildman–Crippen LogP) is 0.641. The standard InChI is InChI=1S/C6H14O.Pb.2H/c1-3-4-5-6(2)7;;;/h6-7H,3-5H2,1-2H3;;;. The number of rotatable bonds is 3. The first-order valence-corrected chi connectivity index (χ1v) is 2.95. The third-order valence-electron chi connectivity index (χ3n) is 0.975. The Labute approximate surface area is 71.6 Å². The minimum absolute atomic E-state index is 0. The van der Waals surface area contributed by atoms with E-state index in [1.807, 2.05) is 6.92 Å². The second kappa shape index (κ2) is 7.88. The van der Waals surface area contributed by atoms with E-state index in [9.17, 15) is 0 Å². The van der Waals surface area contributed by atoms with Crippen molar-refractivity contribution in [2.45, 2.75) is 39.2 Å². The molecule has 0 fully saturated rings. The third-order valence-corrected chi connectivity index (χ3v) is 0.975. The first kappa shape index (κ1) is 11.7. The molecule has 50 valence electrons. The van der Waals surface area contributed by atoms with Gasteiger partial charge in [0.2, 0.25) is 0 Å². The number of hydrogen-bond donors (Lipinski definition) is 1. The molecule has 8 heavy (non-hydrogen) atoms. The van der Waals surface area contributed by atoms with Crippen LogP contribution in [-0.2, 0) is 0 Å². The van der Waals surface area contributed by atoms with Crippen LogP contribution in [0.2, 0.25) is 0 Å². The van der Waals surface area contributed by atoms with Crippen molar-refractivity contribution in [3.05, 3.63) is 0 Å². The second-order valence-corrected chi connectivity index (χ2v) is 1.99. The van der Waals surface area contributed by atoms with Crippen molar-refractivity contribution in [2.24, 2.45) is 0 Å². The second-order valence-electron chi connectivity index (χ2n) is 1.99. The monoisotopic (exact) mass is 312 g/mol. The molecule has 0 aliphatic carbocycles. The van der Waals surface area contributed by atoms with Crippen molar-refractivity contribution < 1.29 is 5.11 Å². The average Bonchev–Trinajstić information content (AvgIpc) is 1.61. The Morgan fingerprint density at radius 2 is 2.00 bits per heavy atom. The zero-order valence-corrected chi connectivity index (χ0v) is 11.4. The molecule has 1 unspecified atom stereocenters. The van der Waals surface area contributed by atoms with Gasteiger partial charge in [-0.05, 0) is 13.3 Å². The summed E-state index contributed by atoms with van der Waals surface area (Å²) in [5.41, 5.74) is 0. The van der Waals surface area contributed by atoms with Crippen molar-refractivity contribution in [3.63, 3.8) is 0 Å². The molecule has 1 nitrogen and oxygen atoms in total. The first-order valence-electron chi connectivity index (χ1n) is 2.95. The van der Waals surface area contributed by atoms with Gasteiger partial charge in [0, 0.05) is 0 Å². The van der Waals surface area contributed by atoms with Gasteiger partial charge >= 0.3 is 27.3 Å². The van der Waals surface area contributed by atoms with Crippen LogP contribution >= 0.6 is 0 Å². The molecule has 0 saturated heterocycles. The van der Waals surface area contributed by atoms with Crippen LogP contribution in [0.25, 0.3) is 0 Å². The summed E-state index contributed by atoms with van der Waals surface area (Å²) in [6, 6.07) is 0. The van der Waals surface area contributed by atoms with Crippen LogP contribution in [0.4, 0.5) is 0 Å². The van der Waals surface area contributed by atoms with E-state index in [1.54, 1.807) is 0 Å². The topological polar surface area (TPSA) is 20.2 Å². The Balaban J connectivity index is 0. The molecule has 0 rings (SSSR count). The predicted molar refractivity (Wildman–Crippen MR) is 39.7 cm³/mol. The maximum atomic E-state index is 8.68. The minimum atomic E-state index is -0.0973. The van der Waals surface area contributed by atoms with E-state index in [1.165, 1.54) is 6.42 Å². The fourth-order valence-corrected chi connectivity index (χ4v) is 0.500. The molecule has 0 aliphatic rings. The molecule has 0 bridgehead atoms. The van der Waals surface area contributed by atoms with Crippen LogP contribution in [0.5, 0.6) is 0 Å². The van der Waals surface area contributed by atoms with Crippen LogP contribution in [-0.4, -0.2) is 38.5 Å². The fraction of sp³-hybridized carbons (Fsp3) is 1.00. The molecule has 0 saturated carbocycles. The summed E-state index contributed by atoms with van der Waals surface area (Å²) in [7, 11) is 0. The molecule has 0 heterocycles. The fourth-order valence-electron chi connectivity index (χ4n) is 0.500. The Morgan fingerprint density at radius 3 is 2.12 bits per heavy atom. The molecule has 0 spiro atoms. The summed E-state index contributed by atoms with van der Waals surface area (Å²) in [6.45, 7) is 3.96. The van der Waals surface area contributed by atoms with Gasteiger partial charge in [-0.25, -0.2) is 0 Å². The van der Waals surface area contributed by atoms with Crippen LogP contribution in [0, 0.1) is 0 Å². The summed E-state index contributed by atoms with van der Waals surface area (Å²) in [5.74, 6) is 0. The van der Waals surface area contributed by atoms with Crippen LogP contribution in [0.15, 0.2) is 0 Å². The van der Waals surface area contributed by atoms with E-state index in [-0.39, 0.29) is 33.4 Å². The van der Waals surface area contributed by atoms with Crippen molar-refractivity contribution in [1.82, 2.24) is 0 Å². The zero-order chi connectivity index (χ0) is 5.70. The molecule has 0 aliphatic heterocycles. The average molecular weight is 311 g/mol. The van der Waals surface area contributed by atoms with E-state index >= 15 is 0 Å². The quantitative estimate of drug-likeness (QED) is 0.759.